The number of nitrogens with zero attached hydrogens (tertiary/aromatic N) is 2. The number of ether oxygens (including phenoxy) is 1. The van der Waals surface area contributed by atoms with E-state index in [1.165, 1.54) is 0 Å². The Morgan fingerprint density at radius 3 is 2.48 bits per heavy atom. The van der Waals surface area contributed by atoms with Crippen LogP contribution >= 0.6 is 0 Å². The fourth-order valence-corrected chi connectivity index (χ4v) is 2.78. The molecule has 0 saturated carbocycles. The van der Waals surface area contributed by atoms with Crippen LogP contribution in [0, 0.1) is 6.92 Å². The summed E-state index contributed by atoms with van der Waals surface area (Å²) < 4.78 is 7.61. The first kappa shape index (κ1) is 15.8. The highest BCUT2D eigenvalue weighted by molar-refractivity contribution is 6.76. The maximum Gasteiger partial charge on any atom is 0.139 e. The van der Waals surface area contributed by atoms with Crippen molar-refractivity contribution in [3.63, 3.8) is 0 Å². The van der Waals surface area contributed by atoms with Crippen molar-refractivity contribution in [1.82, 2.24) is 9.78 Å². The van der Waals surface area contributed by atoms with Crippen molar-refractivity contribution in [1.29, 1.82) is 0 Å². The van der Waals surface area contributed by atoms with E-state index in [1.807, 2.05) is 41.9 Å². The largest absolute Gasteiger partial charge is 0.395 e. The lowest BCUT2D eigenvalue weighted by atomic mass is 10.1. The van der Waals surface area contributed by atoms with Gasteiger partial charge in [-0.3, -0.25) is 0 Å². The minimum absolute atomic E-state index is 0.466. The number of anilines is 1. The summed E-state index contributed by atoms with van der Waals surface area (Å²) in [6.07, 6.45) is 0. The molecule has 0 radical (unpaired) electrons. The molecule has 4 nitrogen and oxygen atoms in total. The highest BCUT2D eigenvalue weighted by Gasteiger charge is 2.15. The van der Waals surface area contributed by atoms with Gasteiger partial charge >= 0.3 is 0 Å². The van der Waals surface area contributed by atoms with Gasteiger partial charge in [-0.25, -0.2) is 4.68 Å². The SMILES string of the molecule is Cc1c(N)c(-c2ccccc2)nn1COCC[Si](C)(C)C. The fourth-order valence-electron chi connectivity index (χ4n) is 2.02. The first-order valence-electron chi connectivity index (χ1n) is 7.34. The Hall–Kier alpha value is -1.59. The third kappa shape index (κ3) is 4.19. The summed E-state index contributed by atoms with van der Waals surface area (Å²) in [7, 11) is -1.05. The Morgan fingerprint density at radius 1 is 1.19 bits per heavy atom. The molecular weight excluding hydrogens is 278 g/mol. The van der Waals surface area contributed by atoms with Crippen LogP contribution in [0.2, 0.25) is 25.7 Å². The lowest BCUT2D eigenvalue weighted by Gasteiger charge is -2.15. The molecule has 0 aliphatic heterocycles. The van der Waals surface area contributed by atoms with Crippen molar-refractivity contribution < 1.29 is 4.74 Å². The number of hydrogen-bond acceptors (Lipinski definition) is 3. The van der Waals surface area contributed by atoms with Crippen LogP contribution in [-0.2, 0) is 11.5 Å². The molecule has 0 saturated heterocycles. The number of rotatable bonds is 6. The third-order valence-electron chi connectivity index (χ3n) is 3.51. The van der Waals surface area contributed by atoms with Crippen molar-refractivity contribution in [2.75, 3.05) is 12.3 Å². The van der Waals surface area contributed by atoms with E-state index in [1.54, 1.807) is 0 Å². The van der Waals surface area contributed by atoms with Crippen molar-refractivity contribution in [2.45, 2.75) is 39.3 Å². The van der Waals surface area contributed by atoms with Gasteiger partial charge in [-0.1, -0.05) is 50.0 Å². The predicted molar refractivity (Wildman–Crippen MR) is 90.9 cm³/mol. The van der Waals surface area contributed by atoms with E-state index in [0.29, 0.717) is 6.73 Å². The minimum atomic E-state index is -1.05. The van der Waals surface area contributed by atoms with E-state index < -0.39 is 8.07 Å². The second kappa shape index (κ2) is 6.45. The van der Waals surface area contributed by atoms with Gasteiger partial charge in [-0.2, -0.15) is 5.10 Å². The Labute approximate surface area is 127 Å². The lowest BCUT2D eigenvalue weighted by Crippen LogP contribution is -2.22. The van der Waals surface area contributed by atoms with Gasteiger partial charge in [-0.15, -0.1) is 0 Å². The van der Waals surface area contributed by atoms with Gasteiger partial charge in [-0.05, 0) is 13.0 Å². The average Bonchev–Trinajstić information content (AvgIpc) is 2.72. The summed E-state index contributed by atoms with van der Waals surface area (Å²) in [5, 5.41) is 4.59. The van der Waals surface area contributed by atoms with Crippen molar-refractivity contribution in [3.8, 4) is 11.3 Å². The number of hydrogen-bond donors (Lipinski definition) is 1. The van der Waals surface area contributed by atoms with Crippen LogP contribution in [0.1, 0.15) is 5.69 Å². The lowest BCUT2D eigenvalue weighted by molar-refractivity contribution is 0.0773. The molecule has 1 heterocycles. The molecule has 0 amide bonds. The molecule has 0 fully saturated rings. The van der Waals surface area contributed by atoms with Crippen LogP contribution < -0.4 is 5.73 Å². The number of nitrogens with two attached hydrogens (primary N) is 1. The molecule has 0 atom stereocenters. The van der Waals surface area contributed by atoms with Gasteiger partial charge in [0.1, 0.15) is 12.4 Å². The summed E-state index contributed by atoms with van der Waals surface area (Å²) >= 11 is 0. The number of aromatic nitrogens is 2. The Morgan fingerprint density at radius 2 is 1.86 bits per heavy atom. The third-order valence-corrected chi connectivity index (χ3v) is 5.21. The Bertz CT molecular complexity index is 588. The molecule has 21 heavy (non-hydrogen) atoms. The standard InChI is InChI=1S/C16H25N3OSi/c1-13-15(17)16(14-8-6-5-7-9-14)18-19(13)12-20-10-11-21(2,3)4/h5-9H,10-12,17H2,1-4H3. The average molecular weight is 303 g/mol. The Balaban J connectivity index is 2.05. The second-order valence-electron chi connectivity index (χ2n) is 6.56. The number of nitrogen functional groups attached to an aromatic ring is 1. The van der Waals surface area contributed by atoms with Crippen LogP contribution in [-0.4, -0.2) is 24.5 Å². The normalized spacial score (nSPS) is 11.8. The van der Waals surface area contributed by atoms with Crippen LogP contribution in [0.4, 0.5) is 5.69 Å². The van der Waals surface area contributed by atoms with Gasteiger partial charge in [0.15, 0.2) is 0 Å². The van der Waals surface area contributed by atoms with Gasteiger partial charge in [0.2, 0.25) is 0 Å². The Kier molecular flexibility index (Phi) is 4.85. The zero-order chi connectivity index (χ0) is 15.5. The van der Waals surface area contributed by atoms with Crippen LogP contribution in [0.5, 0.6) is 0 Å². The van der Waals surface area contributed by atoms with Gasteiger partial charge in [0.25, 0.3) is 0 Å². The molecule has 1 aromatic carbocycles. The summed E-state index contributed by atoms with van der Waals surface area (Å²) in [5.74, 6) is 0. The molecule has 2 rings (SSSR count). The molecule has 2 N–H and O–H groups in total. The van der Waals surface area contributed by atoms with Crippen LogP contribution in [0.25, 0.3) is 11.3 Å². The summed E-state index contributed by atoms with van der Waals surface area (Å²) in [6, 6.07) is 11.2. The summed E-state index contributed by atoms with van der Waals surface area (Å²) in [5.41, 5.74) is 9.74. The van der Waals surface area contributed by atoms with E-state index in [9.17, 15) is 0 Å². The summed E-state index contributed by atoms with van der Waals surface area (Å²) in [6.45, 7) is 10.3. The van der Waals surface area contributed by atoms with Crippen molar-refractivity contribution in [2.24, 2.45) is 0 Å². The first-order chi connectivity index (χ1) is 9.88. The zero-order valence-corrected chi connectivity index (χ0v) is 14.4. The zero-order valence-electron chi connectivity index (χ0n) is 13.4. The first-order valence-corrected chi connectivity index (χ1v) is 11.1. The maximum atomic E-state index is 6.18. The topological polar surface area (TPSA) is 53.1 Å². The maximum absolute atomic E-state index is 6.18. The van der Waals surface area contributed by atoms with Crippen molar-refractivity contribution >= 4 is 13.8 Å². The van der Waals surface area contributed by atoms with Gasteiger partial charge in [0.05, 0.1) is 11.4 Å². The quantitative estimate of drug-likeness (QED) is 0.653. The molecule has 0 aliphatic carbocycles. The molecular formula is C16H25N3OSi. The van der Waals surface area contributed by atoms with E-state index in [4.69, 9.17) is 10.5 Å². The van der Waals surface area contributed by atoms with Gasteiger partial charge < -0.3 is 10.5 Å². The smallest absolute Gasteiger partial charge is 0.139 e. The van der Waals surface area contributed by atoms with Crippen LogP contribution in [0.3, 0.4) is 0 Å². The molecule has 5 heteroatoms. The second-order valence-corrected chi connectivity index (χ2v) is 12.2. The molecule has 2 aromatic rings. The fraction of sp³-hybridized carbons (Fsp3) is 0.438. The molecule has 0 aliphatic rings. The molecule has 114 valence electrons. The molecule has 0 spiro atoms. The van der Waals surface area contributed by atoms with Crippen LogP contribution in [0.15, 0.2) is 30.3 Å². The highest BCUT2D eigenvalue weighted by atomic mass is 28.3. The van der Waals surface area contributed by atoms with Gasteiger partial charge in [0, 0.05) is 20.2 Å². The highest BCUT2D eigenvalue weighted by Crippen LogP contribution is 2.27. The van der Waals surface area contributed by atoms with E-state index in [-0.39, 0.29) is 0 Å². The molecule has 0 bridgehead atoms. The van der Waals surface area contributed by atoms with E-state index >= 15 is 0 Å². The molecule has 1 aromatic heterocycles. The minimum Gasteiger partial charge on any atom is -0.395 e. The van der Waals surface area contributed by atoms with Crippen molar-refractivity contribution in [3.05, 3.63) is 36.0 Å². The number of benzene rings is 1. The van der Waals surface area contributed by atoms with E-state index in [2.05, 4.69) is 24.7 Å². The monoisotopic (exact) mass is 303 g/mol. The predicted octanol–water partition coefficient (Wildman–Crippen LogP) is 3.75. The van der Waals surface area contributed by atoms with E-state index in [0.717, 1.165) is 35.3 Å². The summed E-state index contributed by atoms with van der Waals surface area (Å²) in [4.78, 5) is 0. The molecule has 0 unspecified atom stereocenters.